The summed E-state index contributed by atoms with van der Waals surface area (Å²) >= 11 is 6.52. The number of carbonyl (C=O) groups is 3. The van der Waals surface area contributed by atoms with Crippen LogP contribution in [0.25, 0.3) is 21.9 Å². The van der Waals surface area contributed by atoms with Crippen LogP contribution in [0.1, 0.15) is 65.5 Å². The zero-order chi connectivity index (χ0) is 34.6. The minimum atomic E-state index is -0.979. The number of fused-ring (bicyclic) bond motifs is 1. The Hall–Kier alpha value is -4.58. The number of amides is 3. The average molecular weight is 665 g/mol. The summed E-state index contributed by atoms with van der Waals surface area (Å²) < 4.78 is 28.6. The van der Waals surface area contributed by atoms with E-state index in [1.165, 1.54) is 18.6 Å². The Kier molecular flexibility index (Phi) is 8.78. The van der Waals surface area contributed by atoms with Crippen LogP contribution in [0.4, 0.5) is 25.5 Å². The predicted octanol–water partition coefficient (Wildman–Crippen LogP) is 7.80. The molecule has 13 heteroatoms. The molecule has 11 nitrogen and oxygen atoms in total. The van der Waals surface area contributed by atoms with Crippen LogP contribution in [0.5, 0.6) is 0 Å². The highest BCUT2D eigenvalue weighted by Crippen LogP contribution is 2.54. The van der Waals surface area contributed by atoms with Gasteiger partial charge >= 0.3 is 12.2 Å². The van der Waals surface area contributed by atoms with E-state index in [9.17, 15) is 14.4 Å². The molecule has 248 valence electrons. The maximum Gasteiger partial charge on any atom is 0.424 e. The van der Waals surface area contributed by atoms with Gasteiger partial charge in [0.2, 0.25) is 5.91 Å². The van der Waals surface area contributed by atoms with Gasteiger partial charge < -0.3 is 14.8 Å². The van der Waals surface area contributed by atoms with Crippen molar-refractivity contribution in [2.75, 3.05) is 10.2 Å². The molecule has 0 saturated heterocycles. The van der Waals surface area contributed by atoms with Gasteiger partial charge in [0.1, 0.15) is 22.8 Å². The number of aromatic nitrogens is 4. The van der Waals surface area contributed by atoms with Gasteiger partial charge in [0, 0.05) is 54.0 Å². The molecule has 1 aliphatic carbocycles. The summed E-state index contributed by atoms with van der Waals surface area (Å²) in [4.78, 5) is 49.1. The van der Waals surface area contributed by atoms with Gasteiger partial charge in [0.15, 0.2) is 0 Å². The first-order valence-electron chi connectivity index (χ1n) is 15.1. The highest BCUT2D eigenvalue weighted by molar-refractivity contribution is 6.36. The van der Waals surface area contributed by atoms with Crippen LogP contribution in [0.15, 0.2) is 43.1 Å². The Labute approximate surface area is 277 Å². The summed E-state index contributed by atoms with van der Waals surface area (Å²) in [5.41, 5.74) is -0.113. The molecule has 47 heavy (non-hydrogen) atoms. The molecule has 0 bridgehead atoms. The fourth-order valence-corrected chi connectivity index (χ4v) is 5.85. The standard InChI is InChI=1S/C34H38ClFN6O5/c1-17-22(13-37-15-24(17)42(31(44)46-33(3,4)5)32(45)47-34(6,7)8)21-10-19-11-25(38-14-23(19)28(35)29(21)36)40-30(43)27-18(2)26(27)20-12-39-41(9)16-20/h10-16,18,26-27H,1-9H3,(H,38,40,43). The van der Waals surface area contributed by atoms with Gasteiger partial charge in [0.05, 0.1) is 23.1 Å². The smallest absolute Gasteiger partial charge is 0.424 e. The molecule has 3 aromatic heterocycles. The first kappa shape index (κ1) is 33.8. The lowest BCUT2D eigenvalue weighted by molar-refractivity contribution is -0.117. The highest BCUT2D eigenvalue weighted by atomic mass is 35.5. The lowest BCUT2D eigenvalue weighted by atomic mass is 9.98. The summed E-state index contributed by atoms with van der Waals surface area (Å²) in [7, 11) is 1.83. The molecule has 5 rings (SSSR count). The third-order valence-corrected chi connectivity index (χ3v) is 8.19. The van der Waals surface area contributed by atoms with Gasteiger partial charge in [-0.3, -0.25) is 14.5 Å². The Morgan fingerprint density at radius 3 is 2.19 bits per heavy atom. The molecule has 4 aromatic rings. The Morgan fingerprint density at radius 1 is 0.979 bits per heavy atom. The number of rotatable bonds is 5. The van der Waals surface area contributed by atoms with Crippen LogP contribution >= 0.6 is 11.6 Å². The molecule has 1 aliphatic rings. The van der Waals surface area contributed by atoms with E-state index in [1.54, 1.807) is 71.5 Å². The number of hydrogen-bond acceptors (Lipinski definition) is 8. The van der Waals surface area contributed by atoms with Crippen molar-refractivity contribution in [3.8, 4) is 11.1 Å². The van der Waals surface area contributed by atoms with Crippen LogP contribution in [-0.4, -0.2) is 49.0 Å². The highest BCUT2D eigenvalue weighted by Gasteiger charge is 2.53. The molecule has 1 aromatic carbocycles. The quantitative estimate of drug-likeness (QED) is 0.229. The summed E-state index contributed by atoms with van der Waals surface area (Å²) in [6, 6.07) is 3.18. The summed E-state index contributed by atoms with van der Waals surface area (Å²) in [6.07, 6.45) is 5.85. The van der Waals surface area contributed by atoms with E-state index in [1.807, 2.05) is 20.2 Å². The number of ether oxygens (including phenoxy) is 2. The van der Waals surface area contributed by atoms with Gasteiger partial charge in [-0.1, -0.05) is 18.5 Å². The fourth-order valence-electron chi connectivity index (χ4n) is 5.59. The van der Waals surface area contributed by atoms with E-state index in [4.69, 9.17) is 21.1 Å². The molecule has 3 heterocycles. The lowest BCUT2D eigenvalue weighted by Gasteiger charge is -2.29. The molecule has 0 radical (unpaired) electrons. The van der Waals surface area contributed by atoms with Crippen molar-refractivity contribution in [1.29, 1.82) is 0 Å². The third-order valence-electron chi connectivity index (χ3n) is 7.82. The Morgan fingerprint density at radius 2 is 1.62 bits per heavy atom. The summed E-state index contributed by atoms with van der Waals surface area (Å²) in [5, 5.41) is 7.76. The van der Waals surface area contributed by atoms with E-state index in [-0.39, 0.29) is 51.3 Å². The Balaban J connectivity index is 1.50. The molecule has 1 fully saturated rings. The SMILES string of the molecule is Cc1c(-c2cc3cc(NC(=O)C4C(C)C4c4cnn(C)c4)ncc3c(Cl)c2F)cncc1N(C(=O)OC(C)(C)C)C(=O)OC(C)(C)C. The normalized spacial score (nSPS) is 17.7. The number of carbonyl (C=O) groups excluding carboxylic acids is 3. The fraction of sp³-hybridized carbons (Fsp3) is 0.412. The third kappa shape index (κ3) is 7.07. The van der Waals surface area contributed by atoms with Crippen LogP contribution in [0, 0.1) is 24.6 Å². The largest absolute Gasteiger partial charge is 0.443 e. The maximum absolute atomic E-state index is 15.9. The number of imide groups is 1. The van der Waals surface area contributed by atoms with Crippen LogP contribution in [0.3, 0.4) is 0 Å². The van der Waals surface area contributed by atoms with Gasteiger partial charge in [0.25, 0.3) is 0 Å². The zero-order valence-electron chi connectivity index (χ0n) is 27.8. The molecular weight excluding hydrogens is 627 g/mol. The second-order valence-electron chi connectivity index (χ2n) is 13.8. The van der Waals surface area contributed by atoms with Crippen LogP contribution < -0.4 is 10.2 Å². The first-order chi connectivity index (χ1) is 21.9. The molecule has 1 saturated carbocycles. The lowest BCUT2D eigenvalue weighted by Crippen LogP contribution is -2.44. The van der Waals surface area contributed by atoms with Crippen molar-refractivity contribution < 1.29 is 28.2 Å². The van der Waals surface area contributed by atoms with Gasteiger partial charge in [-0.25, -0.2) is 19.0 Å². The van der Waals surface area contributed by atoms with Crippen molar-refractivity contribution in [2.45, 2.75) is 72.5 Å². The van der Waals surface area contributed by atoms with Crippen LogP contribution in [-0.2, 0) is 21.3 Å². The predicted molar refractivity (Wildman–Crippen MR) is 177 cm³/mol. The minimum Gasteiger partial charge on any atom is -0.443 e. The number of halogens is 2. The van der Waals surface area contributed by atoms with Crippen molar-refractivity contribution in [2.24, 2.45) is 18.9 Å². The average Bonchev–Trinajstić information content (AvgIpc) is 3.43. The van der Waals surface area contributed by atoms with E-state index in [0.29, 0.717) is 16.3 Å². The number of anilines is 2. The minimum absolute atomic E-state index is 0.0472. The number of aryl methyl sites for hydroxylation is 1. The number of nitrogens with zero attached hydrogens (tertiary/aromatic N) is 5. The number of pyridine rings is 2. The number of benzene rings is 1. The van der Waals surface area contributed by atoms with Gasteiger partial charge in [-0.2, -0.15) is 10.00 Å². The Bertz CT molecular complexity index is 1870. The molecule has 3 amide bonds. The van der Waals surface area contributed by atoms with Crippen molar-refractivity contribution in [1.82, 2.24) is 19.7 Å². The monoisotopic (exact) mass is 664 g/mol. The molecule has 1 N–H and O–H groups in total. The van der Waals surface area contributed by atoms with Gasteiger partial charge in [-0.15, -0.1) is 0 Å². The van der Waals surface area contributed by atoms with E-state index in [0.717, 1.165) is 10.5 Å². The summed E-state index contributed by atoms with van der Waals surface area (Å²) in [5.74, 6) is -0.680. The van der Waals surface area contributed by atoms with E-state index >= 15 is 4.39 Å². The molecule has 0 spiro atoms. The van der Waals surface area contributed by atoms with Crippen LogP contribution in [0.2, 0.25) is 5.02 Å². The molecule has 3 atom stereocenters. The molecule has 0 aliphatic heterocycles. The van der Waals surface area contributed by atoms with E-state index < -0.39 is 29.2 Å². The number of nitrogens with one attached hydrogen (secondary N) is 1. The second kappa shape index (κ2) is 12.2. The van der Waals surface area contributed by atoms with Gasteiger partial charge in [-0.05, 0) is 83.0 Å². The first-order valence-corrected chi connectivity index (χ1v) is 15.5. The molecular formula is C34H38ClFN6O5. The second-order valence-corrected chi connectivity index (χ2v) is 14.2. The maximum atomic E-state index is 15.9. The molecule has 3 unspecified atom stereocenters. The van der Waals surface area contributed by atoms with E-state index in [2.05, 4.69) is 20.4 Å². The van der Waals surface area contributed by atoms with Crippen molar-refractivity contribution >= 4 is 52.0 Å². The summed E-state index contributed by atoms with van der Waals surface area (Å²) in [6.45, 7) is 13.7. The topological polar surface area (TPSA) is 129 Å². The zero-order valence-corrected chi connectivity index (χ0v) is 28.6. The number of hydrogen-bond donors (Lipinski definition) is 1. The van der Waals surface area contributed by atoms with Crippen molar-refractivity contribution in [3.05, 3.63) is 65.1 Å². The van der Waals surface area contributed by atoms with Crippen molar-refractivity contribution in [3.63, 3.8) is 0 Å².